The highest BCUT2D eigenvalue weighted by Gasteiger charge is 2.14. The smallest absolute Gasteiger partial charge is 0.237 e. The van der Waals surface area contributed by atoms with Gasteiger partial charge in [0.1, 0.15) is 0 Å². The first-order valence-electron chi connectivity index (χ1n) is 5.67. The Bertz CT molecular complexity index is 319. The number of nitrogens with zero attached hydrogens (tertiary/aromatic N) is 2. The molecule has 2 atom stereocenters. The molecule has 0 aliphatic heterocycles. The molecule has 2 unspecified atom stereocenters. The van der Waals surface area contributed by atoms with Gasteiger partial charge in [-0.3, -0.25) is 9.48 Å². The molecular formula is C11H22Cl2N4O. The molecule has 1 aromatic heterocycles. The highest BCUT2D eigenvalue weighted by atomic mass is 35.5. The number of nitrogens with one attached hydrogen (secondary N) is 1. The van der Waals surface area contributed by atoms with Gasteiger partial charge in [-0.15, -0.1) is 24.8 Å². The van der Waals surface area contributed by atoms with Gasteiger partial charge in [0.05, 0.1) is 12.6 Å². The van der Waals surface area contributed by atoms with E-state index in [4.69, 9.17) is 5.73 Å². The van der Waals surface area contributed by atoms with Crippen LogP contribution in [0.3, 0.4) is 0 Å². The molecule has 0 saturated heterocycles. The largest absolute Gasteiger partial charge is 0.350 e. The molecule has 1 aromatic rings. The van der Waals surface area contributed by atoms with Crippen molar-refractivity contribution in [3.8, 4) is 0 Å². The summed E-state index contributed by atoms with van der Waals surface area (Å²) >= 11 is 0. The van der Waals surface area contributed by atoms with Crippen molar-refractivity contribution in [2.24, 2.45) is 5.73 Å². The number of halogens is 2. The Hall–Kier alpha value is -0.780. The summed E-state index contributed by atoms with van der Waals surface area (Å²) in [6.45, 7) is 4.62. The van der Waals surface area contributed by atoms with Crippen LogP contribution >= 0.6 is 24.8 Å². The molecule has 5 nitrogen and oxygen atoms in total. The quantitative estimate of drug-likeness (QED) is 0.832. The van der Waals surface area contributed by atoms with Crippen molar-refractivity contribution >= 4 is 30.7 Å². The van der Waals surface area contributed by atoms with E-state index in [1.807, 2.05) is 26.1 Å². The van der Waals surface area contributed by atoms with Crippen LogP contribution < -0.4 is 11.1 Å². The normalized spacial score (nSPS) is 12.8. The van der Waals surface area contributed by atoms with Crippen molar-refractivity contribution in [2.45, 2.75) is 45.3 Å². The van der Waals surface area contributed by atoms with E-state index < -0.39 is 6.04 Å². The monoisotopic (exact) mass is 296 g/mol. The highest BCUT2D eigenvalue weighted by molar-refractivity contribution is 5.85. The zero-order valence-corrected chi connectivity index (χ0v) is 12.3. The minimum absolute atomic E-state index is 0. The molecule has 0 aromatic carbocycles. The van der Waals surface area contributed by atoms with Crippen molar-refractivity contribution in [3.63, 3.8) is 0 Å². The Labute approximate surface area is 120 Å². The zero-order valence-electron chi connectivity index (χ0n) is 10.7. The van der Waals surface area contributed by atoms with Crippen molar-refractivity contribution in [3.05, 3.63) is 18.5 Å². The maximum absolute atomic E-state index is 11.6. The van der Waals surface area contributed by atoms with Crippen LogP contribution in [0.2, 0.25) is 0 Å². The van der Waals surface area contributed by atoms with Crippen LogP contribution in [-0.2, 0) is 11.3 Å². The van der Waals surface area contributed by atoms with E-state index in [0.29, 0.717) is 6.54 Å². The van der Waals surface area contributed by atoms with E-state index in [1.54, 1.807) is 10.9 Å². The number of aromatic nitrogens is 2. The summed E-state index contributed by atoms with van der Waals surface area (Å²) in [5.74, 6) is -0.0819. The van der Waals surface area contributed by atoms with Gasteiger partial charge in [-0.2, -0.15) is 5.10 Å². The SMILES string of the molecule is CCCC(N)C(=O)NC(C)Cn1cccn1.Cl.Cl. The number of carbonyl (C=O) groups excluding carboxylic acids is 1. The van der Waals surface area contributed by atoms with E-state index >= 15 is 0 Å². The van der Waals surface area contributed by atoms with E-state index in [2.05, 4.69) is 10.4 Å². The van der Waals surface area contributed by atoms with Gasteiger partial charge in [0.25, 0.3) is 0 Å². The minimum atomic E-state index is -0.398. The van der Waals surface area contributed by atoms with E-state index in [9.17, 15) is 4.79 Å². The van der Waals surface area contributed by atoms with Gasteiger partial charge in [-0.25, -0.2) is 0 Å². The summed E-state index contributed by atoms with van der Waals surface area (Å²) in [4.78, 5) is 11.6. The molecule has 106 valence electrons. The van der Waals surface area contributed by atoms with Gasteiger partial charge in [-0.1, -0.05) is 13.3 Å². The van der Waals surface area contributed by atoms with E-state index in [1.165, 1.54) is 0 Å². The molecule has 0 aliphatic rings. The number of carbonyl (C=O) groups is 1. The lowest BCUT2D eigenvalue weighted by molar-refractivity contribution is -0.123. The summed E-state index contributed by atoms with van der Waals surface area (Å²) in [5.41, 5.74) is 5.71. The molecule has 0 fully saturated rings. The molecule has 1 amide bonds. The van der Waals surface area contributed by atoms with Crippen LogP contribution in [0.25, 0.3) is 0 Å². The summed E-state index contributed by atoms with van der Waals surface area (Å²) in [6.07, 6.45) is 5.23. The lowest BCUT2D eigenvalue weighted by Gasteiger charge is -2.17. The fraction of sp³-hybridized carbons (Fsp3) is 0.636. The number of nitrogens with two attached hydrogens (primary N) is 1. The third-order valence-corrected chi connectivity index (χ3v) is 2.35. The molecule has 0 radical (unpaired) electrons. The van der Waals surface area contributed by atoms with Crippen molar-refractivity contribution in [1.29, 1.82) is 0 Å². The third kappa shape index (κ3) is 6.83. The van der Waals surface area contributed by atoms with Crippen LogP contribution in [-0.4, -0.2) is 27.8 Å². The van der Waals surface area contributed by atoms with Crippen molar-refractivity contribution in [2.75, 3.05) is 0 Å². The van der Waals surface area contributed by atoms with Gasteiger partial charge in [-0.05, 0) is 19.4 Å². The molecule has 1 rings (SSSR count). The summed E-state index contributed by atoms with van der Waals surface area (Å²) in [6, 6.07) is 1.50. The molecular weight excluding hydrogens is 275 g/mol. The Morgan fingerprint density at radius 2 is 2.17 bits per heavy atom. The maximum Gasteiger partial charge on any atom is 0.237 e. The Balaban J connectivity index is 0. The molecule has 3 N–H and O–H groups in total. The molecule has 0 aliphatic carbocycles. The maximum atomic E-state index is 11.6. The molecule has 1 heterocycles. The van der Waals surface area contributed by atoms with Crippen LogP contribution in [0.5, 0.6) is 0 Å². The topological polar surface area (TPSA) is 72.9 Å². The van der Waals surface area contributed by atoms with Gasteiger partial charge < -0.3 is 11.1 Å². The first-order valence-corrected chi connectivity index (χ1v) is 5.67. The van der Waals surface area contributed by atoms with Crippen molar-refractivity contribution < 1.29 is 4.79 Å². The average Bonchev–Trinajstić information content (AvgIpc) is 2.70. The Morgan fingerprint density at radius 3 is 2.67 bits per heavy atom. The van der Waals surface area contributed by atoms with Crippen LogP contribution in [0.1, 0.15) is 26.7 Å². The first kappa shape index (κ1) is 19.6. The number of amides is 1. The average molecular weight is 297 g/mol. The third-order valence-electron chi connectivity index (χ3n) is 2.35. The number of rotatable bonds is 6. The summed E-state index contributed by atoms with van der Waals surface area (Å²) in [5, 5.41) is 6.96. The molecule has 7 heteroatoms. The second kappa shape index (κ2) is 10.2. The number of hydrogen-bond acceptors (Lipinski definition) is 3. The molecule has 0 spiro atoms. The standard InChI is InChI=1S/C11H20N4O.2ClH/c1-3-5-10(12)11(16)14-9(2)8-15-7-4-6-13-15;;/h4,6-7,9-10H,3,5,8,12H2,1-2H3,(H,14,16);2*1H. The summed E-state index contributed by atoms with van der Waals surface area (Å²) in [7, 11) is 0. The Morgan fingerprint density at radius 1 is 1.50 bits per heavy atom. The zero-order chi connectivity index (χ0) is 12.0. The summed E-state index contributed by atoms with van der Waals surface area (Å²) < 4.78 is 1.79. The fourth-order valence-electron chi connectivity index (χ4n) is 1.53. The minimum Gasteiger partial charge on any atom is -0.350 e. The first-order chi connectivity index (χ1) is 7.63. The van der Waals surface area contributed by atoms with Crippen LogP contribution in [0.15, 0.2) is 18.5 Å². The predicted molar refractivity (Wildman–Crippen MR) is 77.2 cm³/mol. The second-order valence-corrected chi connectivity index (χ2v) is 4.03. The molecule has 0 bridgehead atoms. The lowest BCUT2D eigenvalue weighted by Crippen LogP contribution is -2.45. The fourth-order valence-corrected chi connectivity index (χ4v) is 1.53. The lowest BCUT2D eigenvalue weighted by atomic mass is 10.1. The van der Waals surface area contributed by atoms with E-state index in [-0.39, 0.29) is 36.8 Å². The second-order valence-electron chi connectivity index (χ2n) is 4.03. The van der Waals surface area contributed by atoms with Gasteiger partial charge in [0.15, 0.2) is 0 Å². The van der Waals surface area contributed by atoms with Crippen molar-refractivity contribution in [1.82, 2.24) is 15.1 Å². The molecule has 0 saturated carbocycles. The van der Waals surface area contributed by atoms with Gasteiger partial charge in [0, 0.05) is 18.4 Å². The van der Waals surface area contributed by atoms with Crippen LogP contribution in [0.4, 0.5) is 0 Å². The van der Waals surface area contributed by atoms with Gasteiger partial charge in [0.2, 0.25) is 5.91 Å². The van der Waals surface area contributed by atoms with Crippen LogP contribution in [0, 0.1) is 0 Å². The number of hydrogen-bond donors (Lipinski definition) is 2. The Kier molecular flexibility index (Phi) is 11.1. The van der Waals surface area contributed by atoms with E-state index in [0.717, 1.165) is 12.8 Å². The predicted octanol–water partition coefficient (Wildman–Crippen LogP) is 1.36. The van der Waals surface area contributed by atoms with Gasteiger partial charge >= 0.3 is 0 Å². The highest BCUT2D eigenvalue weighted by Crippen LogP contribution is 1.95. The molecule has 18 heavy (non-hydrogen) atoms.